The van der Waals surface area contributed by atoms with Gasteiger partial charge in [0.15, 0.2) is 0 Å². The third kappa shape index (κ3) is 5.07. The number of pyridine rings is 1. The molecule has 0 spiro atoms. The molecule has 0 saturated carbocycles. The van der Waals surface area contributed by atoms with E-state index in [0.29, 0.717) is 5.56 Å². The SMILES string of the molecule is CC1(C)c2ccccc2-c2cc3c4ccccc4n(-c4cc(-c5ccc(C#N)cc5)cc(-c5cc(-c6ccccc6)nc(-c6ccccc6)c5)c4)c3cc21. The number of fused-ring (bicyclic) bond motifs is 6. The van der Waals surface area contributed by atoms with Gasteiger partial charge in [0.1, 0.15) is 0 Å². The topological polar surface area (TPSA) is 41.6 Å². The summed E-state index contributed by atoms with van der Waals surface area (Å²) in [6.07, 6.45) is 0. The van der Waals surface area contributed by atoms with Gasteiger partial charge in [-0.25, -0.2) is 4.98 Å². The van der Waals surface area contributed by atoms with Crippen LogP contribution in [0.15, 0.2) is 176 Å². The Balaban J connectivity index is 1.26. The fourth-order valence-corrected chi connectivity index (χ4v) is 8.46. The van der Waals surface area contributed by atoms with Gasteiger partial charge in [0.05, 0.1) is 34.1 Å². The fraction of sp³-hybridized carbons (Fsp3) is 0.0588. The van der Waals surface area contributed by atoms with E-state index in [-0.39, 0.29) is 5.41 Å². The number of rotatable bonds is 5. The summed E-state index contributed by atoms with van der Waals surface area (Å²) in [5, 5.41) is 12.1. The molecule has 0 fully saturated rings. The zero-order chi connectivity index (χ0) is 36.4. The monoisotopic (exact) mass is 689 g/mol. The Bertz CT molecular complexity index is 2890. The van der Waals surface area contributed by atoms with E-state index in [1.165, 1.54) is 38.5 Å². The Hall–Kier alpha value is -7.02. The maximum absolute atomic E-state index is 9.60. The van der Waals surface area contributed by atoms with E-state index in [1.54, 1.807) is 0 Å². The lowest BCUT2D eigenvalue weighted by atomic mass is 9.82. The molecule has 0 saturated heterocycles. The third-order valence-corrected chi connectivity index (χ3v) is 11.2. The van der Waals surface area contributed by atoms with E-state index in [4.69, 9.17) is 4.98 Å². The number of para-hydroxylation sites is 1. The fourth-order valence-electron chi connectivity index (χ4n) is 8.46. The number of aromatic nitrogens is 2. The zero-order valence-corrected chi connectivity index (χ0v) is 30.1. The summed E-state index contributed by atoms with van der Waals surface area (Å²) in [5.74, 6) is 0. The Morgan fingerprint density at radius 1 is 0.463 bits per heavy atom. The molecular formula is C51H35N3. The minimum Gasteiger partial charge on any atom is -0.309 e. The lowest BCUT2D eigenvalue weighted by molar-refractivity contribution is 0.661. The molecule has 10 rings (SSSR count). The first-order valence-electron chi connectivity index (χ1n) is 18.4. The smallest absolute Gasteiger partial charge is 0.0991 e. The van der Waals surface area contributed by atoms with Crippen molar-refractivity contribution < 1.29 is 0 Å². The number of nitrogens with zero attached hydrogens (tertiary/aromatic N) is 3. The van der Waals surface area contributed by atoms with Crippen LogP contribution in [0.3, 0.4) is 0 Å². The van der Waals surface area contributed by atoms with Gasteiger partial charge in [-0.3, -0.25) is 0 Å². The van der Waals surface area contributed by atoms with Crippen LogP contribution in [0.1, 0.15) is 30.5 Å². The van der Waals surface area contributed by atoms with Crippen molar-refractivity contribution in [3.63, 3.8) is 0 Å². The largest absolute Gasteiger partial charge is 0.309 e. The van der Waals surface area contributed by atoms with Crippen molar-refractivity contribution in [2.75, 3.05) is 0 Å². The summed E-state index contributed by atoms with van der Waals surface area (Å²) in [6, 6.07) is 64.8. The van der Waals surface area contributed by atoms with Gasteiger partial charge in [0.2, 0.25) is 0 Å². The van der Waals surface area contributed by atoms with Crippen LogP contribution in [-0.2, 0) is 5.41 Å². The highest BCUT2D eigenvalue weighted by molar-refractivity contribution is 6.11. The molecule has 3 heteroatoms. The second-order valence-electron chi connectivity index (χ2n) is 14.8. The molecule has 0 unspecified atom stereocenters. The molecule has 0 N–H and O–H groups in total. The third-order valence-electron chi connectivity index (χ3n) is 11.2. The van der Waals surface area contributed by atoms with Gasteiger partial charge in [-0.1, -0.05) is 129 Å². The van der Waals surface area contributed by atoms with Gasteiger partial charge >= 0.3 is 0 Å². The van der Waals surface area contributed by atoms with Crippen molar-refractivity contribution in [1.82, 2.24) is 9.55 Å². The minimum absolute atomic E-state index is 0.129. The van der Waals surface area contributed by atoms with Crippen LogP contribution in [-0.4, -0.2) is 9.55 Å². The van der Waals surface area contributed by atoms with Crippen LogP contribution in [0.2, 0.25) is 0 Å². The molecule has 9 aromatic rings. The van der Waals surface area contributed by atoms with Crippen LogP contribution in [0.25, 0.3) is 83.4 Å². The molecule has 0 amide bonds. The van der Waals surface area contributed by atoms with E-state index in [0.717, 1.165) is 56.0 Å². The first-order valence-corrected chi connectivity index (χ1v) is 18.4. The maximum atomic E-state index is 9.60. The molecule has 1 aliphatic rings. The zero-order valence-electron chi connectivity index (χ0n) is 30.1. The lowest BCUT2D eigenvalue weighted by Gasteiger charge is -2.22. The Morgan fingerprint density at radius 3 is 1.74 bits per heavy atom. The Morgan fingerprint density at radius 2 is 1.06 bits per heavy atom. The molecule has 1 aliphatic carbocycles. The van der Waals surface area contributed by atoms with E-state index in [9.17, 15) is 5.26 Å². The van der Waals surface area contributed by atoms with E-state index in [1.807, 2.05) is 24.3 Å². The average molecular weight is 690 g/mol. The normalized spacial score (nSPS) is 12.8. The Kier molecular flexibility index (Phi) is 7.22. The molecule has 0 aliphatic heterocycles. The van der Waals surface area contributed by atoms with Crippen LogP contribution in [0, 0.1) is 11.3 Å². The van der Waals surface area contributed by atoms with E-state index in [2.05, 4.69) is 176 Å². The Labute approximate surface area is 315 Å². The van der Waals surface area contributed by atoms with Crippen LogP contribution in [0.4, 0.5) is 0 Å². The summed E-state index contributed by atoms with van der Waals surface area (Å²) in [6.45, 7) is 4.69. The first-order chi connectivity index (χ1) is 26.5. The lowest BCUT2D eigenvalue weighted by Crippen LogP contribution is -2.15. The number of benzene rings is 7. The van der Waals surface area contributed by atoms with Gasteiger partial charge in [0, 0.05) is 33.0 Å². The predicted molar refractivity (Wildman–Crippen MR) is 223 cm³/mol. The van der Waals surface area contributed by atoms with Gasteiger partial charge in [-0.2, -0.15) is 5.26 Å². The highest BCUT2D eigenvalue weighted by Crippen LogP contribution is 2.51. The van der Waals surface area contributed by atoms with Crippen molar-refractivity contribution in [3.8, 4) is 67.7 Å². The van der Waals surface area contributed by atoms with Crippen LogP contribution >= 0.6 is 0 Å². The molecule has 2 heterocycles. The quantitative estimate of drug-likeness (QED) is 0.180. The summed E-state index contributed by atoms with van der Waals surface area (Å²) >= 11 is 0. The summed E-state index contributed by atoms with van der Waals surface area (Å²) in [7, 11) is 0. The molecule has 0 bridgehead atoms. The molecule has 0 atom stereocenters. The van der Waals surface area contributed by atoms with Crippen molar-refractivity contribution in [2.24, 2.45) is 0 Å². The standard InChI is InChI=1S/C51H35N3/c1-51(2)45-19-11-9-17-41(45)43-30-44-42-18-10-12-20-49(42)54(50(44)31-46(43)51)40-26-37(34-23-21-33(32-52)22-24-34)25-38(27-40)39-28-47(35-13-5-3-6-14-35)53-48(29-39)36-15-7-4-8-16-36/h3-31H,1-2H3. The van der Waals surface area contributed by atoms with Crippen molar-refractivity contribution in [3.05, 3.63) is 193 Å². The molecule has 0 radical (unpaired) electrons. The van der Waals surface area contributed by atoms with Gasteiger partial charge < -0.3 is 4.57 Å². The van der Waals surface area contributed by atoms with Crippen molar-refractivity contribution in [2.45, 2.75) is 19.3 Å². The number of hydrogen-bond acceptors (Lipinski definition) is 2. The summed E-state index contributed by atoms with van der Waals surface area (Å²) < 4.78 is 2.44. The molecule has 54 heavy (non-hydrogen) atoms. The van der Waals surface area contributed by atoms with Gasteiger partial charge in [-0.05, 0) is 105 Å². The number of hydrogen-bond donors (Lipinski definition) is 0. The molecule has 3 nitrogen and oxygen atoms in total. The number of nitriles is 1. The second-order valence-corrected chi connectivity index (χ2v) is 14.8. The van der Waals surface area contributed by atoms with Crippen LogP contribution < -0.4 is 0 Å². The highest BCUT2D eigenvalue weighted by Gasteiger charge is 2.36. The molecule has 2 aromatic heterocycles. The van der Waals surface area contributed by atoms with Crippen LogP contribution in [0.5, 0.6) is 0 Å². The van der Waals surface area contributed by atoms with Gasteiger partial charge in [0.25, 0.3) is 0 Å². The van der Waals surface area contributed by atoms with Crippen molar-refractivity contribution >= 4 is 21.8 Å². The highest BCUT2D eigenvalue weighted by atomic mass is 15.0. The van der Waals surface area contributed by atoms with Crippen molar-refractivity contribution in [1.29, 1.82) is 5.26 Å². The molecule has 7 aromatic carbocycles. The predicted octanol–water partition coefficient (Wildman–Crippen LogP) is 13.0. The molecule has 254 valence electrons. The van der Waals surface area contributed by atoms with Gasteiger partial charge in [-0.15, -0.1) is 0 Å². The second kappa shape index (κ2) is 12.3. The van der Waals surface area contributed by atoms with E-state index < -0.39 is 0 Å². The van der Waals surface area contributed by atoms with E-state index >= 15 is 0 Å². The first kappa shape index (κ1) is 31.7. The molecular weight excluding hydrogens is 655 g/mol. The average Bonchev–Trinajstić information content (AvgIpc) is 3.68. The summed E-state index contributed by atoms with van der Waals surface area (Å²) in [5.41, 5.74) is 17.6. The summed E-state index contributed by atoms with van der Waals surface area (Å²) in [4.78, 5) is 5.18. The minimum atomic E-state index is -0.129. The maximum Gasteiger partial charge on any atom is 0.0991 e.